The van der Waals surface area contributed by atoms with Crippen LogP contribution in [0.5, 0.6) is 0 Å². The molecule has 4 unspecified atom stereocenters. The number of rotatable bonds is 18. The van der Waals surface area contributed by atoms with E-state index in [2.05, 4.69) is 16.0 Å². The molecule has 0 spiro atoms. The molecule has 4 amide bonds. The first-order valence-corrected chi connectivity index (χ1v) is 11.4. The minimum atomic E-state index is -1.54. The molecule has 14 nitrogen and oxygen atoms in total. The van der Waals surface area contributed by atoms with Gasteiger partial charge in [0.2, 0.25) is 23.6 Å². The van der Waals surface area contributed by atoms with Gasteiger partial charge in [-0.15, -0.1) is 0 Å². The second-order valence-electron chi connectivity index (χ2n) is 8.65. The fourth-order valence-electron chi connectivity index (χ4n) is 3.10. The molecule has 0 aliphatic rings. The van der Waals surface area contributed by atoms with Gasteiger partial charge < -0.3 is 43.4 Å². The summed E-state index contributed by atoms with van der Waals surface area (Å²) in [6.45, 7) is 3.92. The number of nitrogens with one attached hydrogen (secondary N) is 3. The van der Waals surface area contributed by atoms with E-state index in [0.29, 0.717) is 19.4 Å². The van der Waals surface area contributed by atoms with Gasteiger partial charge in [-0.05, 0) is 38.1 Å². The number of carboxylic acids is 2. The highest BCUT2D eigenvalue weighted by molar-refractivity contribution is 5.96. The maximum atomic E-state index is 12.8. The van der Waals surface area contributed by atoms with E-state index in [4.69, 9.17) is 22.3 Å². The molecule has 0 bridgehead atoms. The molecular formula is C21H38N6O8. The lowest BCUT2D eigenvalue weighted by molar-refractivity contribution is -0.143. The highest BCUT2D eigenvalue weighted by Crippen LogP contribution is 2.07. The first-order valence-electron chi connectivity index (χ1n) is 11.4. The summed E-state index contributed by atoms with van der Waals surface area (Å²) < 4.78 is 0. The van der Waals surface area contributed by atoms with Crippen LogP contribution < -0.4 is 33.2 Å². The summed E-state index contributed by atoms with van der Waals surface area (Å²) in [6, 6.07) is -5.17. The third-order valence-corrected chi connectivity index (χ3v) is 4.95. The number of carbonyl (C=O) groups excluding carboxylic acids is 4. The molecular weight excluding hydrogens is 464 g/mol. The van der Waals surface area contributed by atoms with Gasteiger partial charge in [0.1, 0.15) is 18.1 Å². The average Bonchev–Trinajstić information content (AvgIpc) is 2.74. The number of amides is 4. The maximum absolute atomic E-state index is 12.8. The Hall–Kier alpha value is -3.26. The van der Waals surface area contributed by atoms with E-state index >= 15 is 0 Å². The molecule has 0 aromatic rings. The molecule has 0 saturated heterocycles. The van der Waals surface area contributed by atoms with Gasteiger partial charge in [-0.3, -0.25) is 24.0 Å². The average molecular weight is 503 g/mol. The maximum Gasteiger partial charge on any atom is 0.326 e. The summed E-state index contributed by atoms with van der Waals surface area (Å²) in [4.78, 5) is 71.9. The van der Waals surface area contributed by atoms with Gasteiger partial charge in [-0.2, -0.15) is 0 Å². The zero-order valence-electron chi connectivity index (χ0n) is 20.1. The van der Waals surface area contributed by atoms with E-state index in [1.54, 1.807) is 13.8 Å². The summed E-state index contributed by atoms with van der Waals surface area (Å²) >= 11 is 0. The van der Waals surface area contributed by atoms with Crippen molar-refractivity contribution >= 4 is 35.6 Å². The number of primary amides is 1. The van der Waals surface area contributed by atoms with Crippen LogP contribution in [0, 0.1) is 5.92 Å². The standard InChI is InChI=1S/C21H38N6O8/c1-11(2)9-15(21(34)35)27-20(33)14(10-16(24)28)26-19(32)13(6-7-17(29)30)25-18(31)12(23)5-3-4-8-22/h11-15H,3-10,22-23H2,1-2H3,(H2,24,28)(H,25,31)(H,26,32)(H,27,33)(H,29,30)(H,34,35). The SMILES string of the molecule is CC(C)CC(NC(=O)C(CC(N)=O)NC(=O)C(CCC(=O)O)NC(=O)C(N)CCCCN)C(=O)O. The lowest BCUT2D eigenvalue weighted by atomic mass is 10.0. The van der Waals surface area contributed by atoms with Crippen molar-refractivity contribution in [2.75, 3.05) is 6.54 Å². The highest BCUT2D eigenvalue weighted by atomic mass is 16.4. The van der Waals surface area contributed by atoms with Crippen molar-refractivity contribution in [2.45, 2.75) is 83.0 Å². The van der Waals surface area contributed by atoms with Crippen molar-refractivity contribution in [1.82, 2.24) is 16.0 Å². The number of aliphatic carboxylic acids is 2. The van der Waals surface area contributed by atoms with E-state index in [1.165, 1.54) is 0 Å². The van der Waals surface area contributed by atoms with E-state index in [9.17, 15) is 33.9 Å². The van der Waals surface area contributed by atoms with E-state index in [0.717, 1.165) is 0 Å². The number of carbonyl (C=O) groups is 6. The summed E-state index contributed by atoms with van der Waals surface area (Å²) in [5.74, 6) is -6.18. The van der Waals surface area contributed by atoms with E-state index < -0.39 is 72.6 Å². The normalized spacial score (nSPS) is 14.3. The Kier molecular flexibility index (Phi) is 14.9. The van der Waals surface area contributed by atoms with Crippen LogP contribution in [0.25, 0.3) is 0 Å². The lowest BCUT2D eigenvalue weighted by Gasteiger charge is -2.25. The molecule has 0 aliphatic carbocycles. The van der Waals surface area contributed by atoms with Gasteiger partial charge in [0.25, 0.3) is 0 Å². The van der Waals surface area contributed by atoms with Crippen molar-refractivity contribution in [1.29, 1.82) is 0 Å². The lowest BCUT2D eigenvalue weighted by Crippen LogP contribution is -2.57. The van der Waals surface area contributed by atoms with E-state index in [-0.39, 0.29) is 25.2 Å². The Morgan fingerprint density at radius 3 is 1.83 bits per heavy atom. The van der Waals surface area contributed by atoms with Gasteiger partial charge in [-0.1, -0.05) is 20.3 Å². The number of nitrogens with two attached hydrogens (primary N) is 3. The molecule has 0 aromatic heterocycles. The molecule has 11 N–H and O–H groups in total. The Bertz CT molecular complexity index is 760. The van der Waals surface area contributed by atoms with Crippen LogP contribution in [-0.4, -0.2) is 76.5 Å². The van der Waals surface area contributed by atoms with Crippen LogP contribution in [-0.2, 0) is 28.8 Å². The quantitative estimate of drug-likeness (QED) is 0.0935. The smallest absolute Gasteiger partial charge is 0.326 e. The van der Waals surface area contributed by atoms with E-state index in [1.807, 2.05) is 0 Å². The van der Waals surface area contributed by atoms with Crippen molar-refractivity contribution in [3.05, 3.63) is 0 Å². The molecule has 0 rings (SSSR count). The van der Waals surface area contributed by atoms with Crippen LogP contribution in [0.2, 0.25) is 0 Å². The van der Waals surface area contributed by atoms with Crippen molar-refractivity contribution in [2.24, 2.45) is 23.1 Å². The second-order valence-corrected chi connectivity index (χ2v) is 8.65. The van der Waals surface area contributed by atoms with Gasteiger partial charge >= 0.3 is 11.9 Å². The van der Waals surface area contributed by atoms with Gasteiger partial charge in [-0.25, -0.2) is 4.79 Å². The van der Waals surface area contributed by atoms with Crippen molar-refractivity contribution < 1.29 is 39.0 Å². The number of unbranched alkanes of at least 4 members (excludes halogenated alkanes) is 1. The van der Waals surface area contributed by atoms with Crippen LogP contribution in [0.3, 0.4) is 0 Å². The first-order chi connectivity index (χ1) is 16.3. The van der Waals surface area contributed by atoms with Crippen molar-refractivity contribution in [3.8, 4) is 0 Å². The third kappa shape index (κ3) is 13.9. The highest BCUT2D eigenvalue weighted by Gasteiger charge is 2.31. The Morgan fingerprint density at radius 1 is 0.800 bits per heavy atom. The predicted octanol–water partition coefficient (Wildman–Crippen LogP) is -2.23. The van der Waals surface area contributed by atoms with Gasteiger partial charge in [0, 0.05) is 6.42 Å². The second kappa shape index (κ2) is 16.4. The minimum absolute atomic E-state index is 0.0785. The molecule has 0 radical (unpaired) electrons. The zero-order valence-corrected chi connectivity index (χ0v) is 20.1. The minimum Gasteiger partial charge on any atom is -0.481 e. The largest absolute Gasteiger partial charge is 0.481 e. The summed E-state index contributed by atoms with van der Waals surface area (Å²) in [7, 11) is 0. The predicted molar refractivity (Wildman–Crippen MR) is 124 cm³/mol. The molecule has 35 heavy (non-hydrogen) atoms. The van der Waals surface area contributed by atoms with Crippen LogP contribution >= 0.6 is 0 Å². The Labute approximate surface area is 203 Å². The molecule has 0 aromatic carbocycles. The third-order valence-electron chi connectivity index (χ3n) is 4.95. The van der Waals surface area contributed by atoms with Crippen LogP contribution in [0.4, 0.5) is 0 Å². The number of carboxylic acid groups (broad SMARTS) is 2. The van der Waals surface area contributed by atoms with Crippen LogP contribution in [0.15, 0.2) is 0 Å². The number of hydrogen-bond donors (Lipinski definition) is 8. The Morgan fingerprint density at radius 2 is 1.34 bits per heavy atom. The summed E-state index contributed by atoms with van der Waals surface area (Å²) in [5.41, 5.74) is 16.4. The molecule has 0 aliphatic heterocycles. The molecule has 0 fully saturated rings. The van der Waals surface area contributed by atoms with Gasteiger partial charge in [0.15, 0.2) is 0 Å². The Balaban J connectivity index is 5.52. The molecule has 4 atom stereocenters. The van der Waals surface area contributed by atoms with Gasteiger partial charge in [0.05, 0.1) is 12.5 Å². The fraction of sp³-hybridized carbons (Fsp3) is 0.714. The zero-order chi connectivity index (χ0) is 27.1. The van der Waals surface area contributed by atoms with Crippen LogP contribution in [0.1, 0.15) is 58.8 Å². The summed E-state index contributed by atoms with van der Waals surface area (Å²) in [5, 5.41) is 25.2. The molecule has 0 heterocycles. The number of hydrogen-bond acceptors (Lipinski definition) is 8. The molecule has 200 valence electrons. The topological polar surface area (TPSA) is 257 Å². The van der Waals surface area contributed by atoms with Crippen molar-refractivity contribution in [3.63, 3.8) is 0 Å². The molecule has 14 heteroatoms. The monoisotopic (exact) mass is 502 g/mol. The first kappa shape index (κ1) is 31.7. The fourth-order valence-corrected chi connectivity index (χ4v) is 3.10. The molecule has 0 saturated carbocycles. The summed E-state index contributed by atoms with van der Waals surface area (Å²) in [6.07, 6.45) is 0.138.